The van der Waals surface area contributed by atoms with E-state index in [1.807, 2.05) is 0 Å². The van der Waals surface area contributed by atoms with Crippen molar-refractivity contribution in [2.45, 2.75) is 52.4 Å². The number of fused-ring (bicyclic) bond motifs is 13. The molecule has 390 valence electrons. The summed E-state index contributed by atoms with van der Waals surface area (Å²) in [5.41, 5.74) is 18.0. The highest BCUT2D eigenvalue weighted by Gasteiger charge is 2.28. The van der Waals surface area contributed by atoms with Crippen LogP contribution in [0.4, 0.5) is 34.1 Å². The quantitative estimate of drug-likeness (QED) is 0.152. The van der Waals surface area contributed by atoms with Gasteiger partial charge in [0.05, 0.1) is 22.7 Å². The Balaban J connectivity index is 0.925. The maximum absolute atomic E-state index is 7.12. The van der Waals surface area contributed by atoms with Crippen LogP contribution in [0.1, 0.15) is 52.7 Å². The number of hydrogen-bond acceptors (Lipinski definition) is 5. The summed E-state index contributed by atoms with van der Waals surface area (Å²) in [5, 5.41) is 11.0. The Morgan fingerprint density at radius 2 is 0.654 bits per heavy atom. The van der Waals surface area contributed by atoms with Gasteiger partial charge >= 0.3 is 0 Å². The molecule has 5 nitrogen and oxygen atoms in total. The molecule has 15 rings (SSSR count). The summed E-state index contributed by atoms with van der Waals surface area (Å²) in [6.45, 7) is 13.5. The fourth-order valence-electron chi connectivity index (χ4n) is 12.7. The third-order valence-corrected chi connectivity index (χ3v) is 16.5. The molecule has 5 heteroatoms. The zero-order valence-corrected chi connectivity index (χ0v) is 46.2. The van der Waals surface area contributed by atoms with E-state index >= 15 is 0 Å². The Labute approximate surface area is 470 Å². The SMILES string of the molecule is CC(C)(C)c1cccc2c1oc1c(N(c3ccc4c(ccc5oc6ccc7cc(N(c8ccccc8-c8ccccc8)c8cccc9c8oc8c(C(C)(C)C)cccc89)ccc7c6c54)c3)c3ccccc3-c3ccccc3)cccc12. The van der Waals surface area contributed by atoms with Crippen molar-refractivity contribution in [1.82, 2.24) is 0 Å². The van der Waals surface area contributed by atoms with Gasteiger partial charge in [-0.05, 0) is 104 Å². The van der Waals surface area contributed by atoms with Crippen LogP contribution in [0.5, 0.6) is 0 Å². The first-order valence-corrected chi connectivity index (χ1v) is 28.1. The molecule has 0 amide bonds. The van der Waals surface area contributed by atoms with Crippen molar-refractivity contribution < 1.29 is 13.3 Å². The van der Waals surface area contributed by atoms with E-state index in [1.165, 1.54) is 11.1 Å². The highest BCUT2D eigenvalue weighted by atomic mass is 16.3. The van der Waals surface area contributed by atoms with Gasteiger partial charge in [-0.3, -0.25) is 0 Å². The second-order valence-corrected chi connectivity index (χ2v) is 23.6. The first-order valence-electron chi connectivity index (χ1n) is 28.1. The third kappa shape index (κ3) is 7.82. The molecule has 0 aliphatic carbocycles. The van der Waals surface area contributed by atoms with Gasteiger partial charge in [0, 0.05) is 65.9 Å². The average Bonchev–Trinajstić information content (AvgIpc) is 4.42. The van der Waals surface area contributed by atoms with E-state index in [1.54, 1.807) is 0 Å². The lowest BCUT2D eigenvalue weighted by Gasteiger charge is -2.28. The lowest BCUT2D eigenvalue weighted by molar-refractivity contribution is 0.572. The summed E-state index contributed by atoms with van der Waals surface area (Å²) in [5.74, 6) is 0. The fourth-order valence-corrected chi connectivity index (χ4v) is 12.7. The largest absolute Gasteiger partial charge is 0.456 e. The summed E-state index contributed by atoms with van der Waals surface area (Å²) in [6.07, 6.45) is 0. The maximum atomic E-state index is 7.12. The molecule has 81 heavy (non-hydrogen) atoms. The molecule has 0 saturated carbocycles. The molecular formula is C76H58N2O3. The summed E-state index contributed by atoms with van der Waals surface area (Å²) < 4.78 is 21.0. The number of furan rings is 3. The van der Waals surface area contributed by atoms with Gasteiger partial charge in [0.25, 0.3) is 0 Å². The number of rotatable bonds is 8. The van der Waals surface area contributed by atoms with Crippen molar-refractivity contribution in [3.05, 3.63) is 254 Å². The van der Waals surface area contributed by atoms with Crippen molar-refractivity contribution in [2.75, 3.05) is 9.80 Å². The predicted molar refractivity (Wildman–Crippen MR) is 341 cm³/mol. The molecule has 0 aliphatic heterocycles. The van der Waals surface area contributed by atoms with Gasteiger partial charge in [0.15, 0.2) is 11.2 Å². The normalized spacial score (nSPS) is 12.3. The number of hydrogen-bond donors (Lipinski definition) is 0. The standard InChI is InChI=1S/C76H58N2O3/c1-75(2,3)61-31-17-27-57-59-29-19-35-65(73(59)80-71(57)61)77(63-33-15-13-25-53(63)47-21-9-7-10-22-47)51-39-41-55-49(45-51)37-43-67-69(55)70-56-42-40-52(46-50(56)38-44-68(70)79-67)78(64-34-16-14-26-54(64)48-23-11-8-12-24-48)66-36-20-30-60-58-28-18-32-62(76(4,5)6)72(58)81-74(60)66/h7-46H,1-6H3. The topological polar surface area (TPSA) is 45.9 Å². The molecule has 0 spiro atoms. The van der Waals surface area contributed by atoms with Crippen molar-refractivity contribution in [2.24, 2.45) is 0 Å². The van der Waals surface area contributed by atoms with Gasteiger partial charge in [-0.15, -0.1) is 0 Å². The highest BCUT2D eigenvalue weighted by molar-refractivity contribution is 6.27. The monoisotopic (exact) mass is 1050 g/mol. The minimum absolute atomic E-state index is 0.112. The zero-order chi connectivity index (χ0) is 54.7. The smallest absolute Gasteiger partial charge is 0.159 e. The minimum atomic E-state index is -0.112. The molecule has 0 saturated heterocycles. The molecule has 0 N–H and O–H groups in total. The van der Waals surface area contributed by atoms with E-state index in [2.05, 4.69) is 294 Å². The van der Waals surface area contributed by atoms with E-state index in [9.17, 15) is 0 Å². The Morgan fingerprint density at radius 1 is 0.284 bits per heavy atom. The zero-order valence-electron chi connectivity index (χ0n) is 46.2. The molecule has 0 aliphatic rings. The second-order valence-electron chi connectivity index (χ2n) is 23.6. The van der Waals surface area contributed by atoms with E-state index in [-0.39, 0.29) is 10.8 Å². The van der Waals surface area contributed by atoms with Crippen LogP contribution in [0.2, 0.25) is 0 Å². The van der Waals surface area contributed by atoms with E-state index in [4.69, 9.17) is 13.3 Å². The molecular weight excluding hydrogens is 989 g/mol. The van der Waals surface area contributed by atoms with E-state index < -0.39 is 0 Å². The second kappa shape index (κ2) is 18.4. The van der Waals surface area contributed by atoms with Crippen molar-refractivity contribution in [3.63, 3.8) is 0 Å². The van der Waals surface area contributed by atoms with Gasteiger partial charge in [-0.2, -0.15) is 0 Å². The van der Waals surface area contributed by atoms with Crippen LogP contribution in [0, 0.1) is 0 Å². The minimum Gasteiger partial charge on any atom is -0.456 e. The van der Waals surface area contributed by atoms with Gasteiger partial charge in [0.2, 0.25) is 0 Å². The molecule has 3 aromatic heterocycles. The molecule has 0 bridgehead atoms. The van der Waals surface area contributed by atoms with Crippen molar-refractivity contribution in [1.29, 1.82) is 0 Å². The molecule has 12 aromatic carbocycles. The molecule has 3 heterocycles. The lowest BCUT2D eigenvalue weighted by atomic mass is 9.86. The fraction of sp³-hybridized carbons (Fsp3) is 0.105. The number of anilines is 6. The Kier molecular flexibility index (Phi) is 11.0. The molecule has 0 unspecified atom stereocenters. The molecule has 0 radical (unpaired) electrons. The van der Waals surface area contributed by atoms with E-state index in [0.717, 1.165) is 144 Å². The number of para-hydroxylation sites is 6. The Hall–Kier alpha value is -9.84. The van der Waals surface area contributed by atoms with Crippen LogP contribution >= 0.6 is 0 Å². The summed E-state index contributed by atoms with van der Waals surface area (Å²) in [6, 6.07) is 87.4. The molecule has 15 aromatic rings. The third-order valence-electron chi connectivity index (χ3n) is 16.5. The number of nitrogens with zero attached hydrogens (tertiary/aromatic N) is 2. The van der Waals surface area contributed by atoms with E-state index in [0.29, 0.717) is 0 Å². The van der Waals surface area contributed by atoms with Crippen molar-refractivity contribution >= 4 is 121 Å². The molecule has 0 atom stereocenters. The van der Waals surface area contributed by atoms with Crippen LogP contribution in [-0.2, 0) is 10.8 Å². The average molecular weight is 1050 g/mol. The van der Waals surface area contributed by atoms with Crippen LogP contribution < -0.4 is 9.80 Å². The van der Waals surface area contributed by atoms with Gasteiger partial charge in [-0.25, -0.2) is 0 Å². The van der Waals surface area contributed by atoms with Gasteiger partial charge < -0.3 is 23.1 Å². The van der Waals surface area contributed by atoms with Crippen LogP contribution in [-0.4, -0.2) is 0 Å². The summed E-state index contributed by atoms with van der Waals surface area (Å²) in [7, 11) is 0. The summed E-state index contributed by atoms with van der Waals surface area (Å²) in [4.78, 5) is 4.77. The predicted octanol–water partition coefficient (Wildman–Crippen LogP) is 22.6. The Bertz CT molecular complexity index is 4660. The van der Waals surface area contributed by atoms with Crippen LogP contribution in [0.25, 0.3) is 110 Å². The van der Waals surface area contributed by atoms with Gasteiger partial charge in [-0.1, -0.05) is 224 Å². The first-order chi connectivity index (χ1) is 39.5. The van der Waals surface area contributed by atoms with Crippen LogP contribution in [0.15, 0.2) is 256 Å². The van der Waals surface area contributed by atoms with Crippen molar-refractivity contribution in [3.8, 4) is 22.3 Å². The van der Waals surface area contributed by atoms with Crippen LogP contribution in [0.3, 0.4) is 0 Å². The van der Waals surface area contributed by atoms with Gasteiger partial charge in [0.1, 0.15) is 22.3 Å². The summed E-state index contributed by atoms with van der Waals surface area (Å²) >= 11 is 0. The molecule has 0 fully saturated rings. The highest BCUT2D eigenvalue weighted by Crippen LogP contribution is 2.51. The lowest BCUT2D eigenvalue weighted by Crippen LogP contribution is -2.11. The maximum Gasteiger partial charge on any atom is 0.159 e. The number of benzene rings is 12. The first kappa shape index (κ1) is 48.3. The Morgan fingerprint density at radius 3 is 1.07 bits per heavy atom.